The molecule has 0 aliphatic heterocycles. The molecular formula is C9H14N2O6S. The van der Waals surface area contributed by atoms with Crippen molar-refractivity contribution in [3.63, 3.8) is 0 Å². The molecule has 0 aromatic carbocycles. The SMILES string of the molecule is CC(C)(C)N(C(=O)OOC(=O)N=S(=O)=O)C1CC1. The molecule has 0 spiro atoms. The molecule has 2 amide bonds. The molecule has 0 radical (unpaired) electrons. The van der Waals surface area contributed by atoms with Gasteiger partial charge >= 0.3 is 22.7 Å². The Kier molecular flexibility index (Phi) is 4.28. The molecule has 9 heteroatoms. The van der Waals surface area contributed by atoms with Crippen molar-refractivity contribution >= 4 is 22.7 Å². The number of amides is 2. The van der Waals surface area contributed by atoms with Gasteiger partial charge in [0.05, 0.1) is 0 Å². The molecule has 1 rings (SSSR count). The largest absolute Gasteiger partial charge is 0.490 e. The van der Waals surface area contributed by atoms with Crippen LogP contribution in [0.5, 0.6) is 0 Å². The highest BCUT2D eigenvalue weighted by Crippen LogP contribution is 2.33. The van der Waals surface area contributed by atoms with Crippen LogP contribution in [0.2, 0.25) is 0 Å². The average molecular weight is 278 g/mol. The number of carbonyl (C=O) groups excluding carboxylic acids is 2. The van der Waals surface area contributed by atoms with Crippen LogP contribution >= 0.6 is 0 Å². The van der Waals surface area contributed by atoms with Gasteiger partial charge < -0.3 is 0 Å². The monoisotopic (exact) mass is 278 g/mol. The van der Waals surface area contributed by atoms with Crippen LogP contribution in [-0.4, -0.2) is 37.1 Å². The number of hydrogen-bond donors (Lipinski definition) is 0. The summed E-state index contributed by atoms with van der Waals surface area (Å²) < 4.78 is 22.6. The van der Waals surface area contributed by atoms with Crippen LogP contribution in [-0.2, 0) is 20.3 Å². The Bertz CT molecular complexity index is 466. The first-order chi connectivity index (χ1) is 8.21. The third kappa shape index (κ3) is 4.32. The maximum atomic E-state index is 11.7. The van der Waals surface area contributed by atoms with Crippen LogP contribution in [0.1, 0.15) is 33.6 Å². The molecule has 0 heterocycles. The van der Waals surface area contributed by atoms with Crippen molar-refractivity contribution in [2.75, 3.05) is 0 Å². The molecule has 1 aliphatic rings. The van der Waals surface area contributed by atoms with E-state index in [-0.39, 0.29) is 6.04 Å². The molecule has 102 valence electrons. The molecule has 0 N–H and O–H groups in total. The first kappa shape index (κ1) is 14.4. The lowest BCUT2D eigenvalue weighted by atomic mass is 10.1. The van der Waals surface area contributed by atoms with Gasteiger partial charge in [-0.05, 0) is 33.6 Å². The summed E-state index contributed by atoms with van der Waals surface area (Å²) >= 11 is 0. The van der Waals surface area contributed by atoms with Gasteiger partial charge in [0, 0.05) is 11.6 Å². The van der Waals surface area contributed by atoms with E-state index in [4.69, 9.17) is 0 Å². The van der Waals surface area contributed by atoms with E-state index in [1.807, 2.05) is 20.8 Å². The van der Waals surface area contributed by atoms with E-state index in [0.29, 0.717) is 0 Å². The summed E-state index contributed by atoms with van der Waals surface area (Å²) in [6.45, 7) is 5.43. The van der Waals surface area contributed by atoms with Gasteiger partial charge in [0.2, 0.25) is 0 Å². The predicted molar refractivity (Wildman–Crippen MR) is 58.9 cm³/mol. The number of nitrogens with zero attached hydrogens (tertiary/aromatic N) is 2. The molecule has 1 fully saturated rings. The van der Waals surface area contributed by atoms with E-state index in [1.165, 1.54) is 4.90 Å². The van der Waals surface area contributed by atoms with Crippen molar-refractivity contribution in [2.24, 2.45) is 4.36 Å². The fourth-order valence-corrected chi connectivity index (χ4v) is 1.64. The van der Waals surface area contributed by atoms with Crippen LogP contribution < -0.4 is 0 Å². The number of hydrogen-bond acceptors (Lipinski definition) is 6. The van der Waals surface area contributed by atoms with Gasteiger partial charge in [0.1, 0.15) is 0 Å². The van der Waals surface area contributed by atoms with Gasteiger partial charge in [-0.25, -0.2) is 19.4 Å². The third-order valence-corrected chi connectivity index (χ3v) is 2.46. The standard InChI is InChI=1S/C9H14N2O6S/c1-9(2,3)11(6-4-5-6)8(13)17-16-7(12)10-18(14)15/h6H,4-5H2,1-3H3. The lowest BCUT2D eigenvalue weighted by Crippen LogP contribution is -2.47. The van der Waals surface area contributed by atoms with Crippen molar-refractivity contribution in [1.82, 2.24) is 4.90 Å². The fourth-order valence-electron chi connectivity index (χ4n) is 1.49. The summed E-state index contributed by atoms with van der Waals surface area (Å²) in [6, 6.07) is 0.0572. The van der Waals surface area contributed by atoms with Crippen molar-refractivity contribution in [2.45, 2.75) is 45.2 Å². The predicted octanol–water partition coefficient (Wildman–Crippen LogP) is 1.50. The summed E-state index contributed by atoms with van der Waals surface area (Å²) in [7, 11) is -2.94. The summed E-state index contributed by atoms with van der Waals surface area (Å²) in [4.78, 5) is 32.1. The number of rotatable bonds is 1. The Hall–Kier alpha value is -1.64. The van der Waals surface area contributed by atoms with Crippen LogP contribution in [0.3, 0.4) is 0 Å². The van der Waals surface area contributed by atoms with Gasteiger partial charge in [-0.2, -0.15) is 8.42 Å². The van der Waals surface area contributed by atoms with Gasteiger partial charge in [0.25, 0.3) is 0 Å². The van der Waals surface area contributed by atoms with Crippen molar-refractivity contribution in [1.29, 1.82) is 0 Å². The lowest BCUT2D eigenvalue weighted by Gasteiger charge is -2.33. The molecule has 8 nitrogen and oxygen atoms in total. The van der Waals surface area contributed by atoms with Crippen LogP contribution in [0.25, 0.3) is 0 Å². The van der Waals surface area contributed by atoms with E-state index in [2.05, 4.69) is 14.1 Å². The molecule has 0 bridgehead atoms. The molecule has 0 atom stereocenters. The topological polar surface area (TPSA) is 102 Å². The minimum atomic E-state index is -2.94. The van der Waals surface area contributed by atoms with Crippen molar-refractivity contribution in [3.05, 3.63) is 0 Å². The molecule has 1 aliphatic carbocycles. The summed E-state index contributed by atoms with van der Waals surface area (Å²) in [5.74, 6) is 0. The second kappa shape index (κ2) is 5.34. The van der Waals surface area contributed by atoms with E-state index in [0.717, 1.165) is 12.8 Å². The maximum Gasteiger partial charge on any atom is 0.490 e. The van der Waals surface area contributed by atoms with Crippen LogP contribution in [0.4, 0.5) is 9.59 Å². The van der Waals surface area contributed by atoms with Gasteiger partial charge in [-0.15, -0.1) is 0 Å². The zero-order valence-electron chi connectivity index (χ0n) is 10.2. The quantitative estimate of drug-likeness (QED) is 0.532. The van der Waals surface area contributed by atoms with Crippen LogP contribution in [0, 0.1) is 0 Å². The highest BCUT2D eigenvalue weighted by atomic mass is 32.2. The summed E-state index contributed by atoms with van der Waals surface area (Å²) in [6.07, 6.45) is -0.628. The normalized spacial score (nSPS) is 14.6. The summed E-state index contributed by atoms with van der Waals surface area (Å²) in [5.41, 5.74) is -0.483. The lowest BCUT2D eigenvalue weighted by molar-refractivity contribution is -0.189. The van der Waals surface area contributed by atoms with Crippen molar-refractivity contribution in [3.8, 4) is 0 Å². The Labute approximate surface area is 105 Å². The van der Waals surface area contributed by atoms with E-state index < -0.39 is 28.2 Å². The highest BCUT2D eigenvalue weighted by Gasteiger charge is 2.41. The first-order valence-corrected chi connectivity index (χ1v) is 6.28. The Morgan fingerprint density at radius 2 is 1.78 bits per heavy atom. The van der Waals surface area contributed by atoms with Gasteiger partial charge in [0.15, 0.2) is 0 Å². The second-order valence-corrected chi connectivity index (χ2v) is 5.40. The van der Waals surface area contributed by atoms with Crippen molar-refractivity contribution < 1.29 is 27.8 Å². The van der Waals surface area contributed by atoms with Gasteiger partial charge in [-0.3, -0.25) is 4.90 Å². The molecule has 0 saturated heterocycles. The molecule has 1 saturated carbocycles. The molecule has 0 aromatic heterocycles. The summed E-state index contributed by atoms with van der Waals surface area (Å²) in [5, 5.41) is 0. The average Bonchev–Trinajstić information content (AvgIpc) is 2.95. The van der Waals surface area contributed by atoms with Gasteiger partial charge in [-0.1, -0.05) is 4.36 Å². The highest BCUT2D eigenvalue weighted by molar-refractivity contribution is 7.62. The zero-order chi connectivity index (χ0) is 13.9. The minimum absolute atomic E-state index is 0.0572. The fraction of sp³-hybridized carbons (Fsp3) is 0.778. The number of carbonyl (C=O) groups is 2. The third-order valence-electron chi connectivity index (χ3n) is 2.16. The van der Waals surface area contributed by atoms with E-state index in [9.17, 15) is 18.0 Å². The smallest absolute Gasteiger partial charge is 0.297 e. The Morgan fingerprint density at radius 1 is 1.22 bits per heavy atom. The van der Waals surface area contributed by atoms with E-state index >= 15 is 0 Å². The maximum absolute atomic E-state index is 11.7. The Balaban J connectivity index is 2.58. The first-order valence-electron chi connectivity index (χ1n) is 5.24. The molecule has 0 unspecified atom stereocenters. The van der Waals surface area contributed by atoms with Crippen LogP contribution in [0.15, 0.2) is 4.36 Å². The Morgan fingerprint density at radius 3 is 2.17 bits per heavy atom. The molecule has 18 heavy (non-hydrogen) atoms. The molecule has 0 aromatic rings. The molecular weight excluding hydrogens is 264 g/mol. The minimum Gasteiger partial charge on any atom is -0.297 e. The van der Waals surface area contributed by atoms with E-state index in [1.54, 1.807) is 0 Å². The second-order valence-electron chi connectivity index (χ2n) is 4.78. The zero-order valence-corrected chi connectivity index (χ0v) is 11.1.